The van der Waals surface area contributed by atoms with Crippen LogP contribution in [0.15, 0.2) is 29.2 Å². The lowest BCUT2D eigenvalue weighted by molar-refractivity contribution is 0.114. The molecule has 4 nitrogen and oxygen atoms in total. The summed E-state index contributed by atoms with van der Waals surface area (Å²) in [5.74, 6) is 0.815. The van der Waals surface area contributed by atoms with Crippen LogP contribution in [0.4, 0.5) is 0 Å². The molecule has 1 atom stereocenters. The Balaban J connectivity index is 2.03. The van der Waals surface area contributed by atoms with Crippen LogP contribution in [0.5, 0.6) is 0 Å². The quantitative estimate of drug-likeness (QED) is 0.873. The minimum Gasteiger partial charge on any atom is -0.377 e. The minimum atomic E-state index is -3.43. The summed E-state index contributed by atoms with van der Waals surface area (Å²) in [5, 5.41) is 0. The second-order valence-corrected chi connectivity index (χ2v) is 7.20. The molecule has 1 saturated heterocycles. The highest BCUT2D eigenvalue weighted by Crippen LogP contribution is 2.16. The fourth-order valence-corrected chi connectivity index (χ4v) is 3.71. The average Bonchev–Trinajstić information content (AvgIpc) is 2.90. The molecule has 106 valence electrons. The zero-order valence-electron chi connectivity index (χ0n) is 11.0. The molecule has 2 rings (SSSR count). The molecule has 0 aromatic heterocycles. The first-order valence-electron chi connectivity index (χ1n) is 6.31. The van der Waals surface area contributed by atoms with Gasteiger partial charge in [-0.1, -0.05) is 12.1 Å². The minimum absolute atomic E-state index is 0.0177. The van der Waals surface area contributed by atoms with Crippen molar-refractivity contribution in [2.45, 2.75) is 29.6 Å². The Morgan fingerprint density at radius 3 is 3.00 bits per heavy atom. The van der Waals surface area contributed by atoms with Crippen LogP contribution in [0, 0.1) is 0 Å². The van der Waals surface area contributed by atoms with E-state index < -0.39 is 10.0 Å². The molecule has 1 heterocycles. The van der Waals surface area contributed by atoms with E-state index in [9.17, 15) is 8.42 Å². The summed E-state index contributed by atoms with van der Waals surface area (Å²) in [5.41, 5.74) is 1.02. The van der Waals surface area contributed by atoms with Crippen molar-refractivity contribution in [3.63, 3.8) is 0 Å². The molecule has 0 radical (unpaired) electrons. The van der Waals surface area contributed by atoms with Crippen LogP contribution in [0.2, 0.25) is 0 Å². The number of benzene rings is 1. The van der Waals surface area contributed by atoms with Crippen molar-refractivity contribution >= 4 is 21.8 Å². The van der Waals surface area contributed by atoms with Gasteiger partial charge >= 0.3 is 0 Å². The third kappa shape index (κ3) is 4.21. The van der Waals surface area contributed by atoms with Crippen LogP contribution in [-0.2, 0) is 20.5 Å². The molecule has 0 aliphatic carbocycles. The molecule has 6 heteroatoms. The first kappa shape index (κ1) is 14.8. The summed E-state index contributed by atoms with van der Waals surface area (Å²) < 4.78 is 32.4. The van der Waals surface area contributed by atoms with Crippen LogP contribution >= 0.6 is 11.8 Å². The molecule has 1 unspecified atom stereocenters. The standard InChI is InChI=1S/C13H19NO3S2/c1-18-10-11-4-2-6-13(8-11)19(15,16)14-9-12-5-3-7-17-12/h2,4,6,8,12,14H,3,5,7,9-10H2,1H3. The normalized spacial score (nSPS) is 19.7. The van der Waals surface area contributed by atoms with Crippen molar-refractivity contribution in [1.82, 2.24) is 4.72 Å². The van der Waals surface area contributed by atoms with Gasteiger partial charge in [0.1, 0.15) is 0 Å². The first-order valence-corrected chi connectivity index (χ1v) is 9.18. The zero-order valence-corrected chi connectivity index (χ0v) is 12.6. The van der Waals surface area contributed by atoms with Crippen LogP contribution < -0.4 is 4.72 Å². The molecule has 0 saturated carbocycles. The van der Waals surface area contributed by atoms with Gasteiger partial charge in [0, 0.05) is 18.9 Å². The van der Waals surface area contributed by atoms with E-state index in [4.69, 9.17) is 4.74 Å². The van der Waals surface area contributed by atoms with Crippen molar-refractivity contribution in [2.75, 3.05) is 19.4 Å². The molecule has 1 aliphatic heterocycles. The average molecular weight is 301 g/mol. The summed E-state index contributed by atoms with van der Waals surface area (Å²) in [7, 11) is -3.43. The van der Waals surface area contributed by atoms with Crippen LogP contribution in [0.25, 0.3) is 0 Å². The number of rotatable bonds is 6. The topological polar surface area (TPSA) is 55.4 Å². The third-order valence-electron chi connectivity index (χ3n) is 3.04. The molecule has 1 aromatic rings. The Kier molecular flexibility index (Phi) is 5.27. The van der Waals surface area contributed by atoms with E-state index in [0.717, 1.165) is 30.8 Å². The van der Waals surface area contributed by atoms with Gasteiger partial charge < -0.3 is 4.74 Å². The van der Waals surface area contributed by atoms with Gasteiger partial charge in [-0.15, -0.1) is 0 Å². The van der Waals surface area contributed by atoms with Gasteiger partial charge in [-0.25, -0.2) is 13.1 Å². The van der Waals surface area contributed by atoms with E-state index in [1.807, 2.05) is 12.3 Å². The highest BCUT2D eigenvalue weighted by atomic mass is 32.2. The van der Waals surface area contributed by atoms with E-state index in [-0.39, 0.29) is 6.10 Å². The van der Waals surface area contributed by atoms with Gasteiger partial charge in [-0.3, -0.25) is 0 Å². The van der Waals surface area contributed by atoms with Gasteiger partial charge in [0.25, 0.3) is 0 Å². The van der Waals surface area contributed by atoms with Crippen molar-refractivity contribution in [1.29, 1.82) is 0 Å². The van der Waals surface area contributed by atoms with Gasteiger partial charge in [-0.2, -0.15) is 11.8 Å². The lowest BCUT2D eigenvalue weighted by Gasteiger charge is -2.12. The zero-order chi connectivity index (χ0) is 13.7. The molecular weight excluding hydrogens is 282 g/mol. The van der Waals surface area contributed by atoms with Crippen LogP contribution in [0.1, 0.15) is 18.4 Å². The summed E-state index contributed by atoms with van der Waals surface area (Å²) in [6, 6.07) is 7.08. The third-order valence-corrected chi connectivity index (χ3v) is 5.09. The molecule has 1 aliphatic rings. The summed E-state index contributed by atoms with van der Waals surface area (Å²) in [6.07, 6.45) is 3.95. The fourth-order valence-electron chi connectivity index (χ4n) is 2.06. The van der Waals surface area contributed by atoms with Gasteiger partial charge in [0.2, 0.25) is 10.0 Å². The summed E-state index contributed by atoms with van der Waals surface area (Å²) in [4.78, 5) is 0.331. The Morgan fingerprint density at radius 1 is 1.47 bits per heavy atom. The number of hydrogen-bond donors (Lipinski definition) is 1. The monoisotopic (exact) mass is 301 g/mol. The molecular formula is C13H19NO3S2. The van der Waals surface area contributed by atoms with E-state index >= 15 is 0 Å². The Bertz CT molecular complexity index is 510. The number of thioether (sulfide) groups is 1. The summed E-state index contributed by atoms with van der Waals surface area (Å²) in [6.45, 7) is 1.09. The predicted molar refractivity (Wildman–Crippen MR) is 77.8 cm³/mol. The van der Waals surface area contributed by atoms with Crippen molar-refractivity contribution in [2.24, 2.45) is 0 Å². The molecule has 0 amide bonds. The number of sulfonamides is 1. The Hall–Kier alpha value is -0.560. The molecule has 19 heavy (non-hydrogen) atoms. The lowest BCUT2D eigenvalue weighted by atomic mass is 10.2. The van der Waals surface area contributed by atoms with Gasteiger partial charge in [0.15, 0.2) is 0 Å². The van der Waals surface area contributed by atoms with Crippen molar-refractivity contribution < 1.29 is 13.2 Å². The summed E-state index contributed by atoms with van der Waals surface area (Å²) >= 11 is 1.67. The van der Waals surface area contributed by atoms with Crippen LogP contribution in [0.3, 0.4) is 0 Å². The van der Waals surface area contributed by atoms with Crippen molar-refractivity contribution in [3.8, 4) is 0 Å². The predicted octanol–water partition coefficient (Wildman–Crippen LogP) is 2.01. The molecule has 1 fully saturated rings. The highest BCUT2D eigenvalue weighted by molar-refractivity contribution is 7.97. The molecule has 0 bridgehead atoms. The van der Waals surface area contributed by atoms with E-state index in [0.29, 0.717) is 11.4 Å². The number of ether oxygens (including phenoxy) is 1. The maximum atomic E-state index is 12.2. The lowest BCUT2D eigenvalue weighted by Crippen LogP contribution is -2.31. The van der Waals surface area contributed by atoms with E-state index in [2.05, 4.69) is 4.72 Å². The Morgan fingerprint density at radius 2 is 2.32 bits per heavy atom. The fraction of sp³-hybridized carbons (Fsp3) is 0.538. The molecule has 1 aromatic carbocycles. The molecule has 1 N–H and O–H groups in total. The highest BCUT2D eigenvalue weighted by Gasteiger charge is 2.20. The maximum absolute atomic E-state index is 12.2. The van der Waals surface area contributed by atoms with Crippen molar-refractivity contribution in [3.05, 3.63) is 29.8 Å². The largest absolute Gasteiger partial charge is 0.377 e. The smallest absolute Gasteiger partial charge is 0.240 e. The second-order valence-electron chi connectivity index (χ2n) is 4.57. The van der Waals surface area contributed by atoms with Gasteiger partial charge in [0.05, 0.1) is 11.0 Å². The Labute approximate surface area is 119 Å². The maximum Gasteiger partial charge on any atom is 0.240 e. The van der Waals surface area contributed by atoms with Crippen LogP contribution in [-0.4, -0.2) is 33.9 Å². The van der Waals surface area contributed by atoms with E-state index in [1.54, 1.807) is 30.0 Å². The molecule has 0 spiro atoms. The first-order chi connectivity index (χ1) is 9.12. The van der Waals surface area contributed by atoms with E-state index in [1.165, 1.54) is 0 Å². The van der Waals surface area contributed by atoms with Gasteiger partial charge in [-0.05, 0) is 36.8 Å². The second kappa shape index (κ2) is 6.74. The number of nitrogens with one attached hydrogen (secondary N) is 1. The number of hydrogen-bond acceptors (Lipinski definition) is 4. The SMILES string of the molecule is CSCc1cccc(S(=O)(=O)NCC2CCCO2)c1.